The van der Waals surface area contributed by atoms with Crippen LogP contribution in [0.5, 0.6) is 0 Å². The van der Waals surface area contributed by atoms with Gasteiger partial charge in [0.1, 0.15) is 6.04 Å². The van der Waals surface area contributed by atoms with Crippen molar-refractivity contribution in [2.45, 2.75) is 25.9 Å². The first-order chi connectivity index (χ1) is 9.59. The molecule has 2 aliphatic rings. The molecule has 1 N–H and O–H groups in total. The molecule has 0 bridgehead atoms. The van der Waals surface area contributed by atoms with Gasteiger partial charge < -0.3 is 24.6 Å². The quantitative estimate of drug-likeness (QED) is 0.754. The maximum Gasteiger partial charge on any atom is 0.321 e. The van der Waals surface area contributed by atoms with Crippen molar-refractivity contribution in [3.05, 3.63) is 0 Å². The fraction of sp³-hybridized carbons (Fsp3) is 0.846. The van der Waals surface area contributed by atoms with Crippen molar-refractivity contribution in [3.8, 4) is 0 Å². The second-order valence-corrected chi connectivity index (χ2v) is 5.33. The fourth-order valence-corrected chi connectivity index (χ4v) is 2.37. The first-order valence-corrected chi connectivity index (χ1v) is 7.11. The third kappa shape index (κ3) is 3.61. The van der Waals surface area contributed by atoms with Crippen LogP contribution in [0.15, 0.2) is 0 Å². The van der Waals surface area contributed by atoms with E-state index in [1.165, 1.54) is 0 Å². The highest BCUT2D eigenvalue weighted by Gasteiger charge is 2.35. The number of amides is 3. The lowest BCUT2D eigenvalue weighted by Gasteiger charge is -2.39. The molecule has 2 fully saturated rings. The Hall–Kier alpha value is -1.34. The highest BCUT2D eigenvalue weighted by Crippen LogP contribution is 2.12. The smallest absolute Gasteiger partial charge is 0.321 e. The van der Waals surface area contributed by atoms with Crippen molar-refractivity contribution in [3.63, 3.8) is 0 Å². The second kappa shape index (κ2) is 6.90. The number of nitrogens with one attached hydrogen (secondary N) is 1. The van der Waals surface area contributed by atoms with Gasteiger partial charge in [0.2, 0.25) is 5.91 Å². The first-order valence-electron chi connectivity index (χ1n) is 7.11. The number of morpholine rings is 2. The van der Waals surface area contributed by atoms with Gasteiger partial charge in [-0.2, -0.15) is 0 Å². The topological polar surface area (TPSA) is 71.1 Å². The molecule has 0 radical (unpaired) electrons. The highest BCUT2D eigenvalue weighted by atomic mass is 16.5. The molecule has 2 saturated heterocycles. The first kappa shape index (κ1) is 15.1. The molecule has 0 spiro atoms. The third-order valence-electron chi connectivity index (χ3n) is 3.39. The lowest BCUT2D eigenvalue weighted by molar-refractivity contribution is -0.131. The summed E-state index contributed by atoms with van der Waals surface area (Å²) in [4.78, 5) is 28.1. The standard InChI is InChI=1S/C13H23N3O4/c1-10(2)14-12(17)11-9-20-8-5-16(11)13(18)15-3-6-19-7-4-15/h10-11H,3-9H2,1-2H3,(H,14,17). The molecular formula is C13H23N3O4. The van der Waals surface area contributed by atoms with Gasteiger partial charge in [-0.05, 0) is 13.8 Å². The van der Waals surface area contributed by atoms with E-state index in [0.29, 0.717) is 39.5 Å². The average molecular weight is 285 g/mol. The molecule has 3 amide bonds. The fourth-order valence-electron chi connectivity index (χ4n) is 2.37. The molecule has 0 aromatic heterocycles. The summed E-state index contributed by atoms with van der Waals surface area (Å²) in [5.74, 6) is -0.152. The van der Waals surface area contributed by atoms with Crippen molar-refractivity contribution in [2.24, 2.45) is 0 Å². The van der Waals surface area contributed by atoms with Crippen molar-refractivity contribution in [1.82, 2.24) is 15.1 Å². The van der Waals surface area contributed by atoms with Crippen LogP contribution in [0.2, 0.25) is 0 Å². The Bertz CT molecular complexity index is 356. The summed E-state index contributed by atoms with van der Waals surface area (Å²) in [6.07, 6.45) is 0. The molecule has 7 nitrogen and oxygen atoms in total. The van der Waals surface area contributed by atoms with Gasteiger partial charge in [-0.1, -0.05) is 0 Å². The average Bonchev–Trinajstić information content (AvgIpc) is 2.46. The maximum absolute atomic E-state index is 12.5. The molecule has 2 heterocycles. The van der Waals surface area contributed by atoms with Crippen LogP contribution in [-0.2, 0) is 14.3 Å². The number of carbonyl (C=O) groups excluding carboxylic acids is 2. The predicted molar refractivity (Wildman–Crippen MR) is 72.4 cm³/mol. The van der Waals surface area contributed by atoms with Gasteiger partial charge in [0.25, 0.3) is 0 Å². The monoisotopic (exact) mass is 285 g/mol. The van der Waals surface area contributed by atoms with E-state index >= 15 is 0 Å². The van der Waals surface area contributed by atoms with E-state index in [-0.39, 0.29) is 24.6 Å². The van der Waals surface area contributed by atoms with Crippen molar-refractivity contribution in [2.75, 3.05) is 46.1 Å². The Morgan fingerprint density at radius 2 is 1.75 bits per heavy atom. The van der Waals surface area contributed by atoms with Gasteiger partial charge >= 0.3 is 6.03 Å². The van der Waals surface area contributed by atoms with E-state index in [0.717, 1.165) is 0 Å². The van der Waals surface area contributed by atoms with Crippen LogP contribution in [0.25, 0.3) is 0 Å². The van der Waals surface area contributed by atoms with Gasteiger partial charge in [-0.25, -0.2) is 4.79 Å². The molecule has 0 aromatic rings. The van der Waals surface area contributed by atoms with E-state index in [1.807, 2.05) is 13.8 Å². The zero-order valence-corrected chi connectivity index (χ0v) is 12.1. The Morgan fingerprint density at radius 1 is 1.10 bits per heavy atom. The largest absolute Gasteiger partial charge is 0.378 e. The lowest BCUT2D eigenvalue weighted by atomic mass is 10.2. The molecule has 2 aliphatic heterocycles. The van der Waals surface area contributed by atoms with Gasteiger partial charge in [0.15, 0.2) is 0 Å². The van der Waals surface area contributed by atoms with Crippen molar-refractivity contribution >= 4 is 11.9 Å². The summed E-state index contributed by atoms with van der Waals surface area (Å²) in [5, 5.41) is 2.84. The predicted octanol–water partition coefficient (Wildman–Crippen LogP) is -0.336. The van der Waals surface area contributed by atoms with Crippen LogP contribution in [0, 0.1) is 0 Å². The van der Waals surface area contributed by atoms with E-state index in [2.05, 4.69) is 5.32 Å². The number of hydrogen-bond donors (Lipinski definition) is 1. The molecule has 0 aromatic carbocycles. The molecule has 1 unspecified atom stereocenters. The van der Waals surface area contributed by atoms with E-state index in [9.17, 15) is 9.59 Å². The molecule has 20 heavy (non-hydrogen) atoms. The minimum atomic E-state index is -0.540. The molecule has 1 atom stereocenters. The highest BCUT2D eigenvalue weighted by molar-refractivity contribution is 5.87. The number of urea groups is 1. The summed E-state index contributed by atoms with van der Waals surface area (Å²) < 4.78 is 10.6. The SMILES string of the molecule is CC(C)NC(=O)C1COCCN1C(=O)N1CCOCC1. The number of hydrogen-bond acceptors (Lipinski definition) is 4. The minimum absolute atomic E-state index is 0.0461. The second-order valence-electron chi connectivity index (χ2n) is 5.33. The number of nitrogens with zero attached hydrogens (tertiary/aromatic N) is 2. The molecule has 0 aliphatic carbocycles. The lowest BCUT2D eigenvalue weighted by Crippen LogP contribution is -2.60. The third-order valence-corrected chi connectivity index (χ3v) is 3.39. The van der Waals surface area contributed by atoms with E-state index < -0.39 is 6.04 Å². The Labute approximate surface area is 119 Å². The van der Waals surface area contributed by atoms with Gasteiger partial charge in [-0.3, -0.25) is 4.79 Å². The normalized spacial score (nSPS) is 23.9. The molecular weight excluding hydrogens is 262 g/mol. The Balaban J connectivity index is 2.01. The number of ether oxygens (including phenoxy) is 2. The van der Waals surface area contributed by atoms with Crippen LogP contribution in [0.1, 0.15) is 13.8 Å². The summed E-state index contributed by atoms with van der Waals surface area (Å²) in [7, 11) is 0. The minimum Gasteiger partial charge on any atom is -0.378 e. The van der Waals surface area contributed by atoms with Crippen LogP contribution in [0.3, 0.4) is 0 Å². The summed E-state index contributed by atoms with van der Waals surface area (Å²) in [5.41, 5.74) is 0. The summed E-state index contributed by atoms with van der Waals surface area (Å²) >= 11 is 0. The molecule has 114 valence electrons. The Morgan fingerprint density at radius 3 is 2.40 bits per heavy atom. The maximum atomic E-state index is 12.5. The summed E-state index contributed by atoms with van der Waals surface area (Å²) in [6.45, 7) is 7.25. The van der Waals surface area contributed by atoms with Gasteiger partial charge in [0, 0.05) is 25.7 Å². The van der Waals surface area contributed by atoms with Crippen LogP contribution < -0.4 is 5.32 Å². The zero-order valence-electron chi connectivity index (χ0n) is 12.1. The van der Waals surface area contributed by atoms with Gasteiger partial charge in [0.05, 0.1) is 26.4 Å². The summed E-state index contributed by atoms with van der Waals surface area (Å²) in [6, 6.07) is -0.591. The van der Waals surface area contributed by atoms with Crippen molar-refractivity contribution < 1.29 is 19.1 Å². The van der Waals surface area contributed by atoms with E-state index in [1.54, 1.807) is 9.80 Å². The number of carbonyl (C=O) groups is 2. The zero-order chi connectivity index (χ0) is 14.5. The molecule has 2 rings (SSSR count). The molecule has 0 saturated carbocycles. The van der Waals surface area contributed by atoms with Crippen LogP contribution >= 0.6 is 0 Å². The van der Waals surface area contributed by atoms with Crippen LogP contribution in [-0.4, -0.2) is 79.9 Å². The van der Waals surface area contributed by atoms with Crippen LogP contribution in [0.4, 0.5) is 4.79 Å². The molecule has 7 heteroatoms. The van der Waals surface area contributed by atoms with Gasteiger partial charge in [-0.15, -0.1) is 0 Å². The van der Waals surface area contributed by atoms with E-state index in [4.69, 9.17) is 9.47 Å². The number of rotatable bonds is 2. The van der Waals surface area contributed by atoms with Crippen molar-refractivity contribution in [1.29, 1.82) is 0 Å². The Kier molecular flexibility index (Phi) is 5.19.